The predicted molar refractivity (Wildman–Crippen MR) is 125 cm³/mol. The third kappa shape index (κ3) is 3.10. The van der Waals surface area contributed by atoms with E-state index < -0.39 is 17.4 Å². The number of amides is 3. The normalized spacial score (nSPS) is 28.4. The molecule has 1 spiro atoms. The van der Waals surface area contributed by atoms with E-state index in [0.29, 0.717) is 13.0 Å². The number of likely N-dealkylation sites (tertiary alicyclic amines) is 1. The molecule has 3 amide bonds. The molecule has 2 N–H and O–H groups in total. The molecule has 2 aromatic rings. The highest BCUT2D eigenvalue weighted by Gasteiger charge is 2.70. The summed E-state index contributed by atoms with van der Waals surface area (Å²) in [6, 6.07) is 15.4. The molecule has 3 aliphatic heterocycles. The van der Waals surface area contributed by atoms with Crippen molar-refractivity contribution < 1.29 is 14.4 Å². The number of hydrogen-bond donors (Lipinski definition) is 2. The Morgan fingerprint density at radius 1 is 1.06 bits per heavy atom. The van der Waals surface area contributed by atoms with E-state index in [0.717, 1.165) is 34.6 Å². The Labute approximate surface area is 192 Å². The highest BCUT2D eigenvalue weighted by atomic mass is 32.2. The van der Waals surface area contributed by atoms with Gasteiger partial charge < -0.3 is 5.32 Å². The zero-order valence-electron chi connectivity index (χ0n) is 18.3. The first-order valence-corrected chi connectivity index (χ1v) is 12.4. The summed E-state index contributed by atoms with van der Waals surface area (Å²) in [4.78, 5) is 42.1. The molecule has 3 heterocycles. The molecule has 3 aliphatic rings. The number of rotatable bonds is 6. The van der Waals surface area contributed by atoms with Crippen LogP contribution in [0.15, 0.2) is 48.5 Å². The number of nitrogens with zero attached hydrogens (tertiary/aromatic N) is 1. The Morgan fingerprint density at radius 3 is 2.59 bits per heavy atom. The van der Waals surface area contributed by atoms with Gasteiger partial charge in [-0.1, -0.05) is 48.0 Å². The SMILES string of the molecule is CSCCC1NC2(C(=O)Nc3ccc(C)cc32)[C@@H]2C(=O)N(CCc3ccccc3)C(=O)[C@H]12. The maximum absolute atomic E-state index is 13.7. The van der Waals surface area contributed by atoms with Gasteiger partial charge in [0.05, 0.1) is 11.8 Å². The van der Waals surface area contributed by atoms with Gasteiger partial charge in [0, 0.05) is 23.8 Å². The van der Waals surface area contributed by atoms with Crippen LogP contribution < -0.4 is 10.6 Å². The Hall–Kier alpha value is -2.64. The van der Waals surface area contributed by atoms with Crippen LogP contribution in [0.3, 0.4) is 0 Å². The minimum Gasteiger partial charge on any atom is -0.324 e. The standard InChI is InChI=1S/C25H27N3O3S/c1-15-8-9-18-17(14-15)25(24(31)26-18)21-20(19(27-25)11-13-32-2)22(29)28(23(21)30)12-10-16-6-4-3-5-7-16/h3-9,14,19-21,27H,10-13H2,1-2H3,(H,26,31)/t19?,20-,21+,25?/m1/s1. The molecule has 0 aliphatic carbocycles. The number of fused-ring (bicyclic) bond motifs is 4. The third-order valence-electron chi connectivity index (χ3n) is 7.06. The minimum absolute atomic E-state index is 0.152. The monoisotopic (exact) mass is 449 g/mol. The summed E-state index contributed by atoms with van der Waals surface area (Å²) in [6.45, 7) is 2.31. The van der Waals surface area contributed by atoms with Crippen molar-refractivity contribution in [2.45, 2.75) is 31.3 Å². The van der Waals surface area contributed by atoms with Crippen LogP contribution in [0.25, 0.3) is 0 Å². The minimum atomic E-state index is -1.19. The van der Waals surface area contributed by atoms with Gasteiger partial charge in [0.25, 0.3) is 0 Å². The zero-order chi connectivity index (χ0) is 22.5. The smallest absolute Gasteiger partial charge is 0.250 e. The van der Waals surface area contributed by atoms with E-state index in [1.807, 2.05) is 61.7 Å². The second kappa shape index (κ2) is 8.05. The molecule has 2 saturated heterocycles. The molecule has 5 rings (SSSR count). The van der Waals surface area contributed by atoms with Crippen molar-refractivity contribution in [1.82, 2.24) is 10.2 Å². The van der Waals surface area contributed by atoms with Gasteiger partial charge in [0.2, 0.25) is 17.7 Å². The molecule has 2 fully saturated rings. The molecule has 32 heavy (non-hydrogen) atoms. The molecule has 0 aromatic heterocycles. The first-order chi connectivity index (χ1) is 15.5. The Bertz CT molecular complexity index is 1090. The number of anilines is 1. The van der Waals surface area contributed by atoms with E-state index in [-0.39, 0.29) is 23.8 Å². The summed E-state index contributed by atoms with van der Waals surface area (Å²) in [5.74, 6) is -1.01. The van der Waals surface area contributed by atoms with Gasteiger partial charge >= 0.3 is 0 Å². The van der Waals surface area contributed by atoms with Crippen molar-refractivity contribution in [3.05, 3.63) is 65.2 Å². The van der Waals surface area contributed by atoms with Crippen molar-refractivity contribution in [3.63, 3.8) is 0 Å². The summed E-state index contributed by atoms with van der Waals surface area (Å²) in [5.41, 5.74) is 2.42. The van der Waals surface area contributed by atoms with Gasteiger partial charge in [-0.15, -0.1) is 0 Å². The number of carbonyl (C=O) groups is 3. The summed E-state index contributed by atoms with van der Waals surface area (Å²) in [5, 5.41) is 6.46. The summed E-state index contributed by atoms with van der Waals surface area (Å²) < 4.78 is 0. The Kier molecular flexibility index (Phi) is 5.34. The van der Waals surface area contributed by atoms with Crippen molar-refractivity contribution in [2.75, 3.05) is 23.9 Å². The van der Waals surface area contributed by atoms with Crippen LogP contribution in [0.1, 0.15) is 23.1 Å². The van der Waals surface area contributed by atoms with Gasteiger partial charge in [-0.25, -0.2) is 0 Å². The largest absolute Gasteiger partial charge is 0.324 e. The van der Waals surface area contributed by atoms with Gasteiger partial charge in [-0.3, -0.25) is 24.6 Å². The van der Waals surface area contributed by atoms with Crippen LogP contribution in [-0.2, 0) is 26.3 Å². The average Bonchev–Trinajstić information content (AvgIpc) is 3.37. The maximum Gasteiger partial charge on any atom is 0.250 e. The molecule has 2 aromatic carbocycles. The highest BCUT2D eigenvalue weighted by Crippen LogP contribution is 2.53. The molecule has 0 radical (unpaired) electrons. The van der Waals surface area contributed by atoms with Crippen LogP contribution in [0, 0.1) is 18.8 Å². The molecular weight excluding hydrogens is 422 g/mol. The molecule has 4 atom stereocenters. The maximum atomic E-state index is 13.7. The van der Waals surface area contributed by atoms with Crippen molar-refractivity contribution in [3.8, 4) is 0 Å². The first kappa shape index (κ1) is 21.2. The van der Waals surface area contributed by atoms with Gasteiger partial charge in [0.1, 0.15) is 5.54 Å². The number of thioether (sulfide) groups is 1. The van der Waals surface area contributed by atoms with E-state index in [2.05, 4.69) is 10.6 Å². The highest BCUT2D eigenvalue weighted by molar-refractivity contribution is 7.98. The zero-order valence-corrected chi connectivity index (χ0v) is 19.1. The number of imide groups is 1. The number of benzene rings is 2. The number of carbonyl (C=O) groups excluding carboxylic acids is 3. The average molecular weight is 450 g/mol. The number of aryl methyl sites for hydroxylation is 1. The Morgan fingerprint density at radius 2 is 1.84 bits per heavy atom. The topological polar surface area (TPSA) is 78.5 Å². The Balaban J connectivity index is 1.53. The molecular formula is C25H27N3O3S. The van der Waals surface area contributed by atoms with Crippen molar-refractivity contribution in [2.24, 2.45) is 11.8 Å². The predicted octanol–water partition coefficient (Wildman–Crippen LogP) is 2.71. The fraction of sp³-hybridized carbons (Fsp3) is 0.400. The van der Waals surface area contributed by atoms with Crippen LogP contribution in [0.2, 0.25) is 0 Å². The molecule has 166 valence electrons. The fourth-order valence-corrected chi connectivity index (χ4v) is 6.06. The van der Waals surface area contributed by atoms with E-state index in [1.54, 1.807) is 11.8 Å². The van der Waals surface area contributed by atoms with Gasteiger partial charge in [-0.2, -0.15) is 11.8 Å². The van der Waals surface area contributed by atoms with Crippen LogP contribution in [-0.4, -0.2) is 47.2 Å². The fourth-order valence-electron chi connectivity index (χ4n) is 5.57. The second-order valence-electron chi connectivity index (χ2n) is 8.91. The molecule has 7 heteroatoms. The summed E-state index contributed by atoms with van der Waals surface area (Å²) in [7, 11) is 0. The molecule has 2 unspecified atom stereocenters. The lowest BCUT2D eigenvalue weighted by atomic mass is 9.76. The number of nitrogens with one attached hydrogen (secondary N) is 2. The third-order valence-corrected chi connectivity index (χ3v) is 7.71. The lowest BCUT2D eigenvalue weighted by Gasteiger charge is -2.29. The van der Waals surface area contributed by atoms with Crippen molar-refractivity contribution >= 4 is 35.2 Å². The lowest BCUT2D eigenvalue weighted by molar-refractivity contribution is -0.142. The summed E-state index contributed by atoms with van der Waals surface area (Å²) in [6.07, 6.45) is 3.36. The van der Waals surface area contributed by atoms with Crippen molar-refractivity contribution in [1.29, 1.82) is 0 Å². The van der Waals surface area contributed by atoms with Crippen LogP contribution in [0.5, 0.6) is 0 Å². The number of hydrogen-bond acceptors (Lipinski definition) is 5. The van der Waals surface area contributed by atoms with E-state index in [4.69, 9.17) is 0 Å². The van der Waals surface area contributed by atoms with Gasteiger partial charge in [-0.05, 0) is 43.4 Å². The van der Waals surface area contributed by atoms with Gasteiger partial charge in [0.15, 0.2) is 0 Å². The van der Waals surface area contributed by atoms with E-state index in [1.165, 1.54) is 4.90 Å². The first-order valence-electron chi connectivity index (χ1n) is 11.1. The quantitative estimate of drug-likeness (QED) is 0.663. The molecule has 6 nitrogen and oxygen atoms in total. The van der Waals surface area contributed by atoms with E-state index in [9.17, 15) is 14.4 Å². The second-order valence-corrected chi connectivity index (χ2v) is 9.90. The van der Waals surface area contributed by atoms with E-state index >= 15 is 0 Å². The lowest BCUT2D eigenvalue weighted by Crippen LogP contribution is -2.53. The molecule has 0 saturated carbocycles. The van der Waals surface area contributed by atoms with Crippen LogP contribution >= 0.6 is 11.8 Å². The summed E-state index contributed by atoms with van der Waals surface area (Å²) >= 11 is 1.70. The molecule has 0 bridgehead atoms. The van der Waals surface area contributed by atoms with Crippen LogP contribution in [0.4, 0.5) is 5.69 Å².